The van der Waals surface area contributed by atoms with Gasteiger partial charge in [-0.25, -0.2) is 14.4 Å². The summed E-state index contributed by atoms with van der Waals surface area (Å²) in [6.45, 7) is 8.95. The normalized spacial score (nSPS) is 13.6. The summed E-state index contributed by atoms with van der Waals surface area (Å²) in [5.74, 6) is -1.02. The summed E-state index contributed by atoms with van der Waals surface area (Å²) in [7, 11) is 1.56. The molecule has 8 heteroatoms. The first-order valence-electron chi connectivity index (χ1n) is 12.1. The van der Waals surface area contributed by atoms with E-state index in [9.17, 15) is 14.4 Å². The molecular formula is C28H37NO7. The van der Waals surface area contributed by atoms with Gasteiger partial charge in [-0.05, 0) is 50.5 Å². The molecule has 1 N–H and O–H groups in total. The number of hydrogen-bond acceptors (Lipinski definition) is 7. The molecule has 0 aliphatic rings. The first kappa shape index (κ1) is 28.7. The molecule has 0 fully saturated rings. The van der Waals surface area contributed by atoms with E-state index in [1.165, 1.54) is 0 Å². The molecule has 0 spiro atoms. The van der Waals surface area contributed by atoms with Gasteiger partial charge >= 0.3 is 18.0 Å². The SMILES string of the molecule is CC[C@H](C)[C@@H](OC(=O)[C@H](Cc1ccc(OC)cc1)NC(=O)OC(C)(C)C)C(=O)OCc1ccccc1. The maximum atomic E-state index is 13.3. The molecule has 2 rings (SSSR count). The third-order valence-corrected chi connectivity index (χ3v) is 5.43. The molecule has 0 unspecified atom stereocenters. The lowest BCUT2D eigenvalue weighted by Crippen LogP contribution is -2.48. The Morgan fingerprint density at radius 1 is 0.917 bits per heavy atom. The van der Waals surface area contributed by atoms with Gasteiger partial charge in [0.2, 0.25) is 6.10 Å². The Kier molecular flexibility index (Phi) is 10.8. The fourth-order valence-electron chi connectivity index (χ4n) is 3.27. The van der Waals surface area contributed by atoms with Gasteiger partial charge < -0.3 is 24.3 Å². The minimum atomic E-state index is -1.12. The van der Waals surface area contributed by atoms with E-state index in [-0.39, 0.29) is 18.9 Å². The number of rotatable bonds is 11. The summed E-state index contributed by atoms with van der Waals surface area (Å²) in [5.41, 5.74) is 0.837. The van der Waals surface area contributed by atoms with Gasteiger partial charge in [0, 0.05) is 12.3 Å². The second-order valence-electron chi connectivity index (χ2n) is 9.59. The monoisotopic (exact) mass is 499 g/mol. The predicted molar refractivity (Wildman–Crippen MR) is 135 cm³/mol. The zero-order chi connectivity index (χ0) is 26.7. The van der Waals surface area contributed by atoms with Crippen LogP contribution in [0.3, 0.4) is 0 Å². The first-order valence-corrected chi connectivity index (χ1v) is 12.1. The molecule has 0 bridgehead atoms. The maximum absolute atomic E-state index is 13.3. The highest BCUT2D eigenvalue weighted by Gasteiger charge is 2.34. The molecule has 196 valence electrons. The van der Waals surface area contributed by atoms with Crippen molar-refractivity contribution in [3.63, 3.8) is 0 Å². The summed E-state index contributed by atoms with van der Waals surface area (Å²) in [6, 6.07) is 15.3. The Balaban J connectivity index is 2.18. The van der Waals surface area contributed by atoms with Crippen LogP contribution < -0.4 is 10.1 Å². The number of alkyl carbamates (subject to hydrolysis) is 1. The number of amides is 1. The van der Waals surface area contributed by atoms with Crippen molar-refractivity contribution in [1.29, 1.82) is 0 Å². The van der Waals surface area contributed by atoms with Crippen molar-refractivity contribution in [2.24, 2.45) is 5.92 Å². The average molecular weight is 500 g/mol. The van der Waals surface area contributed by atoms with Crippen molar-refractivity contribution in [3.05, 3.63) is 65.7 Å². The zero-order valence-electron chi connectivity index (χ0n) is 21.9. The quantitative estimate of drug-likeness (QED) is 0.349. The molecule has 0 saturated carbocycles. The van der Waals surface area contributed by atoms with Crippen molar-refractivity contribution in [2.45, 2.75) is 71.8 Å². The number of carbonyl (C=O) groups is 3. The van der Waals surface area contributed by atoms with Crippen molar-refractivity contribution >= 4 is 18.0 Å². The number of carbonyl (C=O) groups excluding carboxylic acids is 3. The Bertz CT molecular complexity index is 983. The molecule has 3 atom stereocenters. The van der Waals surface area contributed by atoms with Gasteiger partial charge in [0.25, 0.3) is 0 Å². The zero-order valence-corrected chi connectivity index (χ0v) is 21.9. The Hall–Kier alpha value is -3.55. The van der Waals surface area contributed by atoms with E-state index in [1.807, 2.05) is 44.2 Å². The summed E-state index contributed by atoms with van der Waals surface area (Å²) in [6.07, 6.45) is -1.16. The number of hydrogen-bond donors (Lipinski definition) is 1. The highest BCUT2D eigenvalue weighted by atomic mass is 16.6. The van der Waals surface area contributed by atoms with Gasteiger partial charge in [0.15, 0.2) is 0 Å². The van der Waals surface area contributed by atoms with Gasteiger partial charge in [0.05, 0.1) is 7.11 Å². The Labute approximate surface area is 213 Å². The van der Waals surface area contributed by atoms with E-state index in [2.05, 4.69) is 5.32 Å². The minimum Gasteiger partial charge on any atom is -0.497 e. The second-order valence-corrected chi connectivity index (χ2v) is 9.59. The average Bonchev–Trinajstić information content (AvgIpc) is 2.84. The Morgan fingerprint density at radius 3 is 2.11 bits per heavy atom. The van der Waals surface area contributed by atoms with Gasteiger partial charge in [0.1, 0.15) is 24.0 Å². The molecule has 0 heterocycles. The lowest BCUT2D eigenvalue weighted by atomic mass is 10.0. The standard InChI is InChI=1S/C28H37NO7/c1-7-19(2)24(26(31)34-18-21-11-9-8-10-12-21)35-25(30)23(29-27(32)36-28(3,4)5)17-20-13-15-22(33-6)16-14-20/h8-16,19,23-24H,7,17-18H2,1-6H3,(H,29,32)/t19-,23-,24+/m0/s1. The molecule has 1 amide bonds. The molecule has 0 aliphatic heterocycles. The molecule has 0 saturated heterocycles. The van der Waals surface area contributed by atoms with E-state index in [1.54, 1.807) is 52.1 Å². The van der Waals surface area contributed by atoms with E-state index >= 15 is 0 Å². The smallest absolute Gasteiger partial charge is 0.408 e. The van der Waals surface area contributed by atoms with Crippen LogP contribution in [0.2, 0.25) is 0 Å². The fraction of sp³-hybridized carbons (Fsp3) is 0.464. The molecule has 36 heavy (non-hydrogen) atoms. The topological polar surface area (TPSA) is 100 Å². The van der Waals surface area contributed by atoms with Crippen LogP contribution >= 0.6 is 0 Å². The van der Waals surface area contributed by atoms with E-state index in [0.29, 0.717) is 12.2 Å². The van der Waals surface area contributed by atoms with Crippen LogP contribution in [-0.2, 0) is 36.8 Å². The van der Waals surface area contributed by atoms with Crippen LogP contribution in [0.25, 0.3) is 0 Å². The van der Waals surface area contributed by atoms with Crippen molar-refractivity contribution in [3.8, 4) is 5.75 Å². The second kappa shape index (κ2) is 13.5. The lowest BCUT2D eigenvalue weighted by molar-refractivity contribution is -0.173. The molecule has 0 radical (unpaired) electrons. The number of nitrogens with one attached hydrogen (secondary N) is 1. The lowest BCUT2D eigenvalue weighted by Gasteiger charge is -2.26. The molecule has 0 aliphatic carbocycles. The number of methoxy groups -OCH3 is 1. The van der Waals surface area contributed by atoms with E-state index < -0.39 is 35.8 Å². The number of benzene rings is 2. The van der Waals surface area contributed by atoms with Crippen LogP contribution in [0.1, 0.15) is 52.2 Å². The first-order chi connectivity index (χ1) is 17.0. The molecule has 0 aromatic heterocycles. The largest absolute Gasteiger partial charge is 0.497 e. The van der Waals surface area contributed by atoms with Crippen LogP contribution in [0.5, 0.6) is 5.75 Å². The third-order valence-electron chi connectivity index (χ3n) is 5.43. The predicted octanol–water partition coefficient (Wildman–Crippen LogP) is 4.83. The van der Waals surface area contributed by atoms with Crippen LogP contribution in [0.4, 0.5) is 4.79 Å². The fourth-order valence-corrected chi connectivity index (χ4v) is 3.27. The van der Waals surface area contributed by atoms with Crippen molar-refractivity contribution in [1.82, 2.24) is 5.32 Å². The third kappa shape index (κ3) is 9.60. The van der Waals surface area contributed by atoms with Crippen LogP contribution in [0, 0.1) is 5.92 Å². The minimum absolute atomic E-state index is 0.0651. The summed E-state index contributed by atoms with van der Waals surface area (Å²) in [4.78, 5) is 38.6. The van der Waals surface area contributed by atoms with Crippen molar-refractivity contribution < 1.29 is 33.3 Å². The maximum Gasteiger partial charge on any atom is 0.408 e. The molecule has 8 nitrogen and oxygen atoms in total. The molecule has 2 aromatic carbocycles. The highest BCUT2D eigenvalue weighted by Crippen LogP contribution is 2.18. The number of esters is 2. The van der Waals surface area contributed by atoms with Crippen LogP contribution in [0.15, 0.2) is 54.6 Å². The van der Waals surface area contributed by atoms with Gasteiger partial charge in [-0.2, -0.15) is 0 Å². The molecule has 2 aromatic rings. The summed E-state index contributed by atoms with van der Waals surface area (Å²) >= 11 is 0. The highest BCUT2D eigenvalue weighted by molar-refractivity contribution is 5.85. The van der Waals surface area contributed by atoms with E-state index in [4.69, 9.17) is 18.9 Å². The van der Waals surface area contributed by atoms with Crippen LogP contribution in [-0.4, -0.2) is 42.9 Å². The van der Waals surface area contributed by atoms with E-state index in [0.717, 1.165) is 11.1 Å². The van der Waals surface area contributed by atoms with Gasteiger partial charge in [-0.15, -0.1) is 0 Å². The summed E-state index contributed by atoms with van der Waals surface area (Å²) in [5, 5.41) is 2.59. The van der Waals surface area contributed by atoms with Gasteiger partial charge in [-0.1, -0.05) is 56.3 Å². The number of ether oxygens (including phenoxy) is 4. The summed E-state index contributed by atoms with van der Waals surface area (Å²) < 4.78 is 21.6. The molecular weight excluding hydrogens is 462 g/mol. The van der Waals surface area contributed by atoms with Crippen molar-refractivity contribution in [2.75, 3.05) is 7.11 Å². The van der Waals surface area contributed by atoms with Gasteiger partial charge in [-0.3, -0.25) is 0 Å². The Morgan fingerprint density at radius 2 is 1.56 bits per heavy atom.